The maximum Gasteiger partial charge on any atom is 0.187 e. The molecule has 0 saturated carbocycles. The third-order valence-corrected chi connectivity index (χ3v) is 7.89. The fraction of sp³-hybridized carbons (Fsp3) is 0.0435. The van der Waals surface area contributed by atoms with Crippen LogP contribution in [-0.2, 0) is 5.75 Å². The molecule has 5 aromatic rings. The van der Waals surface area contributed by atoms with Crippen molar-refractivity contribution in [1.82, 2.24) is 0 Å². The van der Waals surface area contributed by atoms with Crippen LogP contribution in [0, 0.1) is 0 Å². The molecule has 0 aliphatic rings. The normalized spacial score (nSPS) is 11.4. The van der Waals surface area contributed by atoms with E-state index < -0.39 is 0 Å². The molecule has 0 aliphatic carbocycles. The molecule has 0 unspecified atom stereocenters. The Morgan fingerprint density at radius 3 is 1.96 bits per heavy atom. The summed E-state index contributed by atoms with van der Waals surface area (Å²) in [6, 6.07) is 30.6. The van der Waals surface area contributed by atoms with Crippen molar-refractivity contribution in [2.45, 2.75) is 10.6 Å². The molecule has 0 aliphatic heterocycles. The first kappa shape index (κ1) is 15.7. The van der Waals surface area contributed by atoms with Crippen molar-refractivity contribution in [3.8, 4) is 4.90 Å². The first-order valence-corrected chi connectivity index (χ1v) is 10.8. The summed E-state index contributed by atoms with van der Waals surface area (Å²) >= 11 is 1.81. The first-order chi connectivity index (χ1) is 12.9. The molecule has 0 bridgehead atoms. The van der Waals surface area contributed by atoms with Crippen LogP contribution >= 0.6 is 22.2 Å². The van der Waals surface area contributed by atoms with E-state index in [1.807, 2.05) is 23.9 Å². The van der Waals surface area contributed by atoms with Crippen molar-refractivity contribution in [2.75, 3.05) is 0 Å². The number of furan rings is 1. The molecule has 0 amide bonds. The maximum absolute atomic E-state index is 5.42. The number of fused-ring (bicyclic) bond motifs is 3. The summed E-state index contributed by atoms with van der Waals surface area (Å²) in [4.78, 5) is 2.65. The second kappa shape index (κ2) is 6.67. The molecular weight excluding hydrogens is 356 g/mol. The molecule has 126 valence electrons. The molecule has 0 fully saturated rings. The smallest absolute Gasteiger partial charge is 0.187 e. The molecule has 3 aromatic carbocycles. The zero-order chi connectivity index (χ0) is 17.3. The highest BCUT2D eigenvalue weighted by molar-refractivity contribution is 7.98. The van der Waals surface area contributed by atoms with Crippen LogP contribution < -0.4 is 0 Å². The summed E-state index contributed by atoms with van der Waals surface area (Å²) in [5.74, 6) is 1.88. The molecule has 0 spiro atoms. The minimum atomic E-state index is -0.0101. The Morgan fingerprint density at radius 2 is 1.35 bits per heavy atom. The van der Waals surface area contributed by atoms with Gasteiger partial charge in [0.1, 0.15) is 5.76 Å². The van der Waals surface area contributed by atoms with E-state index in [0.29, 0.717) is 0 Å². The van der Waals surface area contributed by atoms with Gasteiger partial charge in [0.05, 0.1) is 12.0 Å². The Hall–Kier alpha value is -2.49. The largest absolute Gasteiger partial charge is 0.468 e. The molecule has 0 radical (unpaired) electrons. The van der Waals surface area contributed by atoms with E-state index in [1.54, 1.807) is 6.26 Å². The Balaban J connectivity index is 1.55. The van der Waals surface area contributed by atoms with Gasteiger partial charge in [-0.2, -0.15) is 0 Å². The predicted molar refractivity (Wildman–Crippen MR) is 114 cm³/mol. The number of hydrogen-bond donors (Lipinski definition) is 0. The molecule has 26 heavy (non-hydrogen) atoms. The minimum absolute atomic E-state index is 0.0101. The molecule has 2 heterocycles. The Bertz CT molecular complexity index is 1120. The standard InChI is InChI=1S/C23H17OS2/c1-3-9-22-20(7-1)21-8-2-4-10-23(21)26(22)19-13-11-18(12-14-19)25-16-17-6-5-15-24-17/h1-15H,16H2/q+1. The molecule has 0 saturated heterocycles. The van der Waals surface area contributed by atoms with E-state index in [9.17, 15) is 0 Å². The van der Waals surface area contributed by atoms with E-state index in [0.717, 1.165) is 11.5 Å². The van der Waals surface area contributed by atoms with Crippen LogP contribution in [0.1, 0.15) is 5.76 Å². The molecule has 5 rings (SSSR count). The Labute approximate surface area is 159 Å². The van der Waals surface area contributed by atoms with Crippen LogP contribution in [0.3, 0.4) is 0 Å². The van der Waals surface area contributed by atoms with Gasteiger partial charge in [0.15, 0.2) is 14.3 Å². The average Bonchev–Trinajstić information content (AvgIpc) is 3.33. The lowest BCUT2D eigenvalue weighted by Gasteiger charge is -2.00. The fourth-order valence-corrected chi connectivity index (χ4v) is 6.51. The fourth-order valence-electron chi connectivity index (χ4n) is 3.33. The molecule has 0 N–H and O–H groups in total. The van der Waals surface area contributed by atoms with Gasteiger partial charge in [0.2, 0.25) is 0 Å². The number of benzene rings is 3. The summed E-state index contributed by atoms with van der Waals surface area (Å²) in [7, 11) is -0.0101. The van der Waals surface area contributed by atoms with Crippen molar-refractivity contribution < 1.29 is 4.42 Å². The lowest BCUT2D eigenvalue weighted by molar-refractivity contribution is 0.530. The van der Waals surface area contributed by atoms with Gasteiger partial charge in [0, 0.05) is 26.1 Å². The van der Waals surface area contributed by atoms with Crippen LogP contribution in [0.15, 0.2) is 101 Å². The number of thiophene rings is 1. The van der Waals surface area contributed by atoms with Gasteiger partial charge in [-0.25, -0.2) is 0 Å². The molecule has 0 atom stereocenters. The summed E-state index contributed by atoms with van der Waals surface area (Å²) < 4.78 is 8.29. The van der Waals surface area contributed by atoms with Crippen molar-refractivity contribution in [3.63, 3.8) is 0 Å². The van der Waals surface area contributed by atoms with Gasteiger partial charge in [-0.3, -0.25) is 0 Å². The minimum Gasteiger partial charge on any atom is -0.468 e. The second-order valence-corrected chi connectivity index (χ2v) is 9.15. The summed E-state index contributed by atoms with van der Waals surface area (Å²) in [5.41, 5.74) is 0. The topological polar surface area (TPSA) is 13.1 Å². The zero-order valence-corrected chi connectivity index (χ0v) is 15.7. The molecule has 3 heteroatoms. The van der Waals surface area contributed by atoms with Crippen molar-refractivity contribution in [1.29, 1.82) is 0 Å². The van der Waals surface area contributed by atoms with E-state index >= 15 is 0 Å². The van der Waals surface area contributed by atoms with Gasteiger partial charge in [-0.1, -0.05) is 24.3 Å². The van der Waals surface area contributed by atoms with E-state index in [-0.39, 0.29) is 10.5 Å². The first-order valence-electron chi connectivity index (χ1n) is 8.58. The third-order valence-electron chi connectivity index (χ3n) is 4.52. The van der Waals surface area contributed by atoms with E-state index in [4.69, 9.17) is 4.42 Å². The summed E-state index contributed by atoms with van der Waals surface area (Å²) in [5, 5.41) is 2.76. The van der Waals surface area contributed by atoms with Crippen LogP contribution in [0.25, 0.3) is 25.1 Å². The third kappa shape index (κ3) is 2.74. The van der Waals surface area contributed by atoms with Crippen molar-refractivity contribution in [2.24, 2.45) is 0 Å². The van der Waals surface area contributed by atoms with Gasteiger partial charge in [0.25, 0.3) is 0 Å². The highest BCUT2D eigenvalue weighted by Crippen LogP contribution is 2.48. The van der Waals surface area contributed by atoms with Crippen LogP contribution in [0.5, 0.6) is 0 Å². The summed E-state index contributed by atoms with van der Waals surface area (Å²) in [6.07, 6.45) is 1.73. The molecular formula is C23H17OS2+. The monoisotopic (exact) mass is 373 g/mol. The van der Waals surface area contributed by atoms with Crippen LogP contribution in [0.4, 0.5) is 0 Å². The Kier molecular flexibility index (Phi) is 4.04. The van der Waals surface area contributed by atoms with Crippen LogP contribution in [0.2, 0.25) is 0 Å². The van der Waals surface area contributed by atoms with Gasteiger partial charge >= 0.3 is 0 Å². The van der Waals surface area contributed by atoms with Crippen molar-refractivity contribution in [3.05, 3.63) is 97.0 Å². The number of rotatable bonds is 4. The van der Waals surface area contributed by atoms with Gasteiger partial charge in [-0.15, -0.1) is 11.8 Å². The van der Waals surface area contributed by atoms with Crippen molar-refractivity contribution >= 4 is 42.4 Å². The average molecular weight is 374 g/mol. The van der Waals surface area contributed by atoms with Gasteiger partial charge in [-0.05, 0) is 60.7 Å². The predicted octanol–water partition coefficient (Wildman–Crippen LogP) is 7.62. The summed E-state index contributed by atoms with van der Waals surface area (Å²) in [6.45, 7) is 0. The zero-order valence-electron chi connectivity index (χ0n) is 14.1. The highest BCUT2D eigenvalue weighted by atomic mass is 32.2. The SMILES string of the molecule is c1coc(CSc2ccc(-[s+]3c4ccccc4c4ccccc43)cc2)c1. The molecule has 2 aromatic heterocycles. The molecule has 1 nitrogen and oxygen atoms in total. The van der Waals surface area contributed by atoms with Gasteiger partial charge < -0.3 is 4.42 Å². The Morgan fingerprint density at radius 1 is 0.692 bits per heavy atom. The number of hydrogen-bond acceptors (Lipinski definition) is 2. The second-order valence-electron chi connectivity index (χ2n) is 6.14. The van der Waals surface area contributed by atoms with E-state index in [2.05, 4.69) is 72.8 Å². The highest BCUT2D eigenvalue weighted by Gasteiger charge is 2.22. The quantitative estimate of drug-likeness (QED) is 0.237. The number of thioether (sulfide) groups is 1. The van der Waals surface area contributed by atoms with E-state index in [1.165, 1.54) is 30.0 Å². The maximum atomic E-state index is 5.42. The lowest BCUT2D eigenvalue weighted by atomic mass is 10.2. The lowest BCUT2D eigenvalue weighted by Crippen LogP contribution is -1.77. The van der Waals surface area contributed by atoms with Crippen LogP contribution in [-0.4, -0.2) is 0 Å².